The molecule has 2 aliphatic carbocycles. The predicted molar refractivity (Wildman–Crippen MR) is 39.4 cm³/mol. The smallest absolute Gasteiger partial charge is 0.166 e. The Bertz CT molecular complexity index is 337. The fourth-order valence-corrected chi connectivity index (χ4v) is 1.33. The van der Waals surface area contributed by atoms with Gasteiger partial charge in [0, 0.05) is 0 Å². The highest BCUT2D eigenvalue weighted by molar-refractivity contribution is 5.65. The normalized spacial score (nSPS) is 20.4. The minimum Gasteiger partial charge on any atom is -0.166 e. The Morgan fingerprint density at radius 1 is 1.00 bits per heavy atom. The molecule has 0 atom stereocenters. The van der Waals surface area contributed by atoms with E-state index in [-0.39, 0.29) is 0 Å². The van der Waals surface area contributed by atoms with E-state index in [1.54, 1.807) is 12.2 Å². The molecule has 0 aliphatic heterocycles. The number of hydrogen-bond donors (Lipinski definition) is 0. The molecule has 0 bridgehead atoms. The third-order valence-electron chi connectivity index (χ3n) is 1.87. The van der Waals surface area contributed by atoms with Crippen molar-refractivity contribution in [3.8, 4) is 0 Å². The van der Waals surface area contributed by atoms with E-state index < -0.39 is 11.7 Å². The van der Waals surface area contributed by atoms with Crippen molar-refractivity contribution in [3.63, 3.8) is 0 Å². The van der Waals surface area contributed by atoms with Crippen LogP contribution in [0.25, 0.3) is 0 Å². The zero-order chi connectivity index (χ0) is 8.77. The Morgan fingerprint density at radius 2 is 1.75 bits per heavy atom. The largest absolute Gasteiger partial charge is 0.417 e. The fourth-order valence-electron chi connectivity index (χ4n) is 1.33. The molecular formula is C9H5F3. The van der Waals surface area contributed by atoms with E-state index in [1.165, 1.54) is 12.2 Å². The van der Waals surface area contributed by atoms with Gasteiger partial charge < -0.3 is 0 Å². The molecule has 2 aliphatic rings. The van der Waals surface area contributed by atoms with E-state index >= 15 is 0 Å². The van der Waals surface area contributed by atoms with Crippen molar-refractivity contribution in [2.24, 2.45) is 0 Å². The average molecular weight is 170 g/mol. The van der Waals surface area contributed by atoms with Gasteiger partial charge in [-0.15, -0.1) is 0 Å². The molecule has 0 fully saturated rings. The standard InChI is InChI=1S/C9H5F3/c10-9(11,12)8-5-4-6-2-1-3-7(6)8/h1-5H. The van der Waals surface area contributed by atoms with E-state index in [2.05, 4.69) is 0 Å². The Balaban J connectivity index is 2.37. The van der Waals surface area contributed by atoms with Gasteiger partial charge in [-0.05, 0) is 17.2 Å². The number of alkyl halides is 3. The molecule has 0 heterocycles. The Morgan fingerprint density at radius 3 is 2.42 bits per heavy atom. The van der Waals surface area contributed by atoms with Crippen LogP contribution in [0.2, 0.25) is 0 Å². The van der Waals surface area contributed by atoms with Crippen LogP contribution in [0.15, 0.2) is 47.1 Å². The molecule has 0 aromatic heterocycles. The van der Waals surface area contributed by atoms with Crippen molar-refractivity contribution in [2.75, 3.05) is 0 Å². The second kappa shape index (κ2) is 2.12. The molecule has 0 saturated carbocycles. The van der Waals surface area contributed by atoms with Crippen LogP contribution in [0.3, 0.4) is 0 Å². The zero-order valence-electron chi connectivity index (χ0n) is 6.02. The molecule has 0 amide bonds. The lowest BCUT2D eigenvalue weighted by molar-refractivity contribution is -0.0887. The molecule has 0 N–H and O–H groups in total. The summed E-state index contributed by atoms with van der Waals surface area (Å²) in [5, 5.41) is 0. The van der Waals surface area contributed by atoms with Crippen molar-refractivity contribution in [3.05, 3.63) is 47.1 Å². The van der Waals surface area contributed by atoms with Crippen LogP contribution >= 0.6 is 0 Å². The molecule has 0 aromatic carbocycles. The molecule has 12 heavy (non-hydrogen) atoms. The quantitative estimate of drug-likeness (QED) is 0.524. The minimum absolute atomic E-state index is 0.294. The van der Waals surface area contributed by atoms with Crippen LogP contribution in [-0.2, 0) is 0 Å². The van der Waals surface area contributed by atoms with Gasteiger partial charge >= 0.3 is 6.18 Å². The summed E-state index contributed by atoms with van der Waals surface area (Å²) in [5.41, 5.74) is 0.410. The molecule has 0 radical (unpaired) electrons. The van der Waals surface area contributed by atoms with Gasteiger partial charge in [0.2, 0.25) is 0 Å². The van der Waals surface area contributed by atoms with Gasteiger partial charge in [-0.25, -0.2) is 0 Å². The Labute approximate surface area is 67.4 Å². The fraction of sp³-hybridized carbons (Fsp3) is 0.111. The van der Waals surface area contributed by atoms with Crippen molar-refractivity contribution in [1.29, 1.82) is 0 Å². The summed E-state index contributed by atoms with van der Waals surface area (Å²) in [7, 11) is 0. The molecule has 0 spiro atoms. The summed E-state index contributed by atoms with van der Waals surface area (Å²) in [6, 6.07) is 0. The summed E-state index contributed by atoms with van der Waals surface area (Å²) < 4.78 is 36.7. The van der Waals surface area contributed by atoms with Crippen LogP contribution in [-0.4, -0.2) is 6.18 Å². The van der Waals surface area contributed by atoms with Gasteiger partial charge in [0.05, 0.1) is 5.57 Å². The van der Waals surface area contributed by atoms with Crippen molar-refractivity contribution in [1.82, 2.24) is 0 Å². The van der Waals surface area contributed by atoms with Gasteiger partial charge in [-0.2, -0.15) is 13.2 Å². The van der Waals surface area contributed by atoms with E-state index in [9.17, 15) is 13.2 Å². The molecule has 3 heteroatoms. The number of rotatable bonds is 0. The van der Waals surface area contributed by atoms with Crippen LogP contribution in [0.4, 0.5) is 13.2 Å². The summed E-state index contributed by atoms with van der Waals surface area (Å²) in [5.74, 6) is 0. The Kier molecular flexibility index (Phi) is 1.31. The SMILES string of the molecule is FC(F)(F)C1=CC=C2C=CC=C21. The maximum Gasteiger partial charge on any atom is 0.417 e. The van der Waals surface area contributed by atoms with Crippen LogP contribution in [0, 0.1) is 0 Å². The molecule has 62 valence electrons. The van der Waals surface area contributed by atoms with E-state index in [0.29, 0.717) is 11.1 Å². The highest BCUT2D eigenvalue weighted by Gasteiger charge is 2.38. The van der Waals surface area contributed by atoms with Gasteiger partial charge in [-0.3, -0.25) is 0 Å². The zero-order valence-corrected chi connectivity index (χ0v) is 6.02. The van der Waals surface area contributed by atoms with Crippen molar-refractivity contribution in [2.45, 2.75) is 6.18 Å². The molecular weight excluding hydrogens is 165 g/mol. The van der Waals surface area contributed by atoms with Crippen LogP contribution in [0.1, 0.15) is 0 Å². The summed E-state index contributed by atoms with van der Waals surface area (Å²) >= 11 is 0. The first-order valence-corrected chi connectivity index (χ1v) is 3.47. The third kappa shape index (κ3) is 0.932. The molecule has 0 nitrogen and oxygen atoms in total. The Hall–Kier alpha value is -1.25. The van der Waals surface area contributed by atoms with Gasteiger partial charge in [0.1, 0.15) is 0 Å². The second-order valence-electron chi connectivity index (χ2n) is 2.64. The second-order valence-corrected chi connectivity index (χ2v) is 2.64. The van der Waals surface area contributed by atoms with Crippen molar-refractivity contribution < 1.29 is 13.2 Å². The highest BCUT2D eigenvalue weighted by Crippen LogP contribution is 2.40. The number of hydrogen-bond acceptors (Lipinski definition) is 0. The molecule has 2 rings (SSSR count). The van der Waals surface area contributed by atoms with E-state index in [0.717, 1.165) is 6.08 Å². The van der Waals surface area contributed by atoms with Crippen LogP contribution < -0.4 is 0 Å². The monoisotopic (exact) mass is 170 g/mol. The molecule has 0 aromatic rings. The topological polar surface area (TPSA) is 0 Å². The van der Waals surface area contributed by atoms with Gasteiger partial charge in [-0.1, -0.05) is 24.3 Å². The first-order chi connectivity index (χ1) is 5.59. The summed E-state index contributed by atoms with van der Waals surface area (Å²) in [6.07, 6.45) is 3.15. The van der Waals surface area contributed by atoms with Gasteiger partial charge in [0.15, 0.2) is 0 Å². The average Bonchev–Trinajstić information content (AvgIpc) is 2.37. The molecule has 0 unspecified atom stereocenters. The first kappa shape index (κ1) is 7.40. The highest BCUT2D eigenvalue weighted by atomic mass is 19.4. The summed E-state index contributed by atoms with van der Waals surface area (Å²) in [6.45, 7) is 0. The lowest BCUT2D eigenvalue weighted by Crippen LogP contribution is -2.11. The first-order valence-electron chi connectivity index (χ1n) is 3.47. The third-order valence-corrected chi connectivity index (χ3v) is 1.87. The number of allylic oxidation sites excluding steroid dienone is 8. The van der Waals surface area contributed by atoms with Gasteiger partial charge in [0.25, 0.3) is 0 Å². The van der Waals surface area contributed by atoms with Crippen LogP contribution in [0.5, 0.6) is 0 Å². The lowest BCUT2D eigenvalue weighted by Gasteiger charge is -2.09. The number of halogens is 3. The lowest BCUT2D eigenvalue weighted by atomic mass is 10.1. The van der Waals surface area contributed by atoms with E-state index in [1.807, 2.05) is 0 Å². The predicted octanol–water partition coefficient (Wildman–Crippen LogP) is 2.91. The summed E-state index contributed by atoms with van der Waals surface area (Å²) in [4.78, 5) is 0. The maximum absolute atomic E-state index is 12.2. The van der Waals surface area contributed by atoms with Crippen molar-refractivity contribution >= 4 is 0 Å². The van der Waals surface area contributed by atoms with E-state index in [4.69, 9.17) is 0 Å². The maximum atomic E-state index is 12.2. The minimum atomic E-state index is -4.23. The number of fused-ring (bicyclic) bond motifs is 1. The molecule has 0 saturated heterocycles.